The van der Waals surface area contributed by atoms with E-state index in [9.17, 15) is 18.7 Å². The Morgan fingerprint density at radius 3 is 1.47 bits per heavy atom. The van der Waals surface area contributed by atoms with Crippen LogP contribution in [0.5, 0.6) is 0 Å². The van der Waals surface area contributed by atoms with Gasteiger partial charge >= 0.3 is 18.2 Å². The molecule has 0 saturated heterocycles. The zero-order chi connectivity index (χ0) is 76.2. The van der Waals surface area contributed by atoms with Crippen molar-refractivity contribution >= 4 is 97.6 Å². The van der Waals surface area contributed by atoms with Crippen molar-refractivity contribution in [1.82, 2.24) is 103 Å². The number of amides is 1. The Balaban J connectivity index is 0.000000135. The Bertz CT molecular complexity index is 5330. The number of hydrogen-bond acceptors (Lipinski definition) is 23. The number of anilines is 8. The number of aliphatic hydroxyl groups is 1. The van der Waals surface area contributed by atoms with Crippen molar-refractivity contribution in [2.45, 2.75) is 123 Å². The SMILES string of the molecule is Cc1cc(Nc2nc(NCc3ccccc3)nc3c2ncn3C)nn1C.Cn1cnc2c(NCc3ccc(CNC(=O)OC(C)(C)C)cc3)nc(F)nc21.Cn1nc(Nc2nc(N[C@H](CO)c3ccccc3)nc3c2ncn3C)cc1C(C)(C)C.Fc1nc(NCc2ccccc2)c2ncn(C3CCCC3)c2n1. The highest BCUT2D eigenvalue weighted by Gasteiger charge is 2.25. The Labute approximate surface area is 622 Å². The van der Waals surface area contributed by atoms with E-state index in [-0.39, 0.29) is 18.1 Å². The molecule has 1 atom stereocenters. The molecule has 0 radical (unpaired) electrons. The molecule has 1 amide bonds. The lowest BCUT2D eigenvalue weighted by Crippen LogP contribution is -2.32. The van der Waals surface area contributed by atoms with E-state index in [2.05, 4.69) is 140 Å². The van der Waals surface area contributed by atoms with Crippen LogP contribution in [0, 0.1) is 19.1 Å². The smallest absolute Gasteiger partial charge is 0.407 e. The number of aryl methyl sites for hydroxylation is 6. The minimum absolute atomic E-state index is 0.0373. The van der Waals surface area contributed by atoms with Crippen molar-refractivity contribution in [2.75, 3.05) is 38.5 Å². The van der Waals surface area contributed by atoms with E-state index in [1.54, 1.807) is 36.9 Å². The minimum Gasteiger partial charge on any atom is -0.444 e. The van der Waals surface area contributed by atoms with Gasteiger partial charge in [-0.15, -0.1) is 0 Å². The number of benzene rings is 4. The number of carbonyl (C=O) groups excluding carboxylic acids is 1. The molecule has 0 spiro atoms. The molecule has 0 aliphatic heterocycles. The van der Waals surface area contributed by atoms with Crippen molar-refractivity contribution in [2.24, 2.45) is 35.2 Å². The fourth-order valence-corrected chi connectivity index (χ4v) is 12.1. The van der Waals surface area contributed by atoms with Crippen LogP contribution >= 0.6 is 0 Å². The van der Waals surface area contributed by atoms with E-state index in [4.69, 9.17) is 4.74 Å². The Hall–Kier alpha value is -12.6. The number of ether oxygens (including phenoxy) is 1. The number of aliphatic hydroxyl groups excluding tert-OH is 1. The number of fused-ring (bicyclic) bond motifs is 4. The maximum Gasteiger partial charge on any atom is 0.407 e. The van der Waals surface area contributed by atoms with Crippen LogP contribution in [0.25, 0.3) is 44.7 Å². The Kier molecular flexibility index (Phi) is 23.1. The van der Waals surface area contributed by atoms with Crippen molar-refractivity contribution < 1.29 is 23.4 Å². The fraction of sp³-hybridized carbons (Fsp3) is 0.329. The molecular formula is C76H89F2N27O3. The summed E-state index contributed by atoms with van der Waals surface area (Å²) in [5.74, 6) is 4.33. The summed E-state index contributed by atoms with van der Waals surface area (Å²) >= 11 is 0. The predicted octanol–water partition coefficient (Wildman–Crippen LogP) is 12.9. The second kappa shape index (κ2) is 33.2. The maximum atomic E-state index is 13.9. The molecule has 30 nitrogen and oxygen atoms in total. The molecular weight excluding hydrogens is 1380 g/mol. The molecule has 10 aromatic heterocycles. The van der Waals surface area contributed by atoms with E-state index in [0.717, 1.165) is 63.5 Å². The van der Waals surface area contributed by atoms with Crippen LogP contribution in [0.2, 0.25) is 0 Å². The van der Waals surface area contributed by atoms with E-state index < -0.39 is 23.9 Å². The van der Waals surface area contributed by atoms with E-state index in [1.165, 1.54) is 12.8 Å². The number of nitrogens with zero attached hydrogens (tertiary/aromatic N) is 20. The molecule has 10 heterocycles. The first-order chi connectivity index (χ1) is 51.9. The van der Waals surface area contributed by atoms with Crippen LogP contribution in [-0.4, -0.2) is 121 Å². The first-order valence-corrected chi connectivity index (χ1v) is 35.4. The summed E-state index contributed by atoms with van der Waals surface area (Å²) in [5, 5.41) is 41.0. The monoisotopic (exact) mass is 1470 g/mol. The topological polar surface area (TPSA) is 341 Å². The molecule has 32 heteroatoms. The van der Waals surface area contributed by atoms with Gasteiger partial charge in [0.2, 0.25) is 11.9 Å². The number of alkyl carbamates (subject to hydrolysis) is 1. The van der Waals surface area contributed by atoms with Gasteiger partial charge in [0, 0.05) is 96.4 Å². The Morgan fingerprint density at radius 2 is 0.963 bits per heavy atom. The van der Waals surface area contributed by atoms with Gasteiger partial charge in [-0.1, -0.05) is 149 Å². The van der Waals surface area contributed by atoms with Gasteiger partial charge in [-0.3, -0.25) is 9.36 Å². The first kappa shape index (κ1) is 75.1. The van der Waals surface area contributed by atoms with Gasteiger partial charge < -0.3 is 65.3 Å². The number of aromatic nitrogens is 20. The molecule has 15 rings (SSSR count). The van der Waals surface area contributed by atoms with Gasteiger partial charge in [-0.05, 0) is 68.4 Å². The first-order valence-electron chi connectivity index (χ1n) is 35.4. The summed E-state index contributed by atoms with van der Waals surface area (Å²) in [7, 11) is 9.38. The third kappa shape index (κ3) is 18.9. The largest absolute Gasteiger partial charge is 0.444 e. The molecule has 1 aliphatic carbocycles. The zero-order valence-corrected chi connectivity index (χ0v) is 62.4. The number of rotatable bonds is 20. The van der Waals surface area contributed by atoms with E-state index >= 15 is 0 Å². The van der Waals surface area contributed by atoms with E-state index in [0.29, 0.717) is 112 Å². The number of halogens is 2. The van der Waals surface area contributed by atoms with Crippen LogP contribution in [0.4, 0.5) is 60.4 Å². The van der Waals surface area contributed by atoms with Crippen LogP contribution < -0.4 is 37.2 Å². The molecule has 560 valence electrons. The standard InChI is InChI=1S/C22H28N8O.C19H23FN6O2.C18H20N8.C17H18FN5/c1-22(2,3)16-11-17(28-30(16)5)25-19-18-20(29(4)13-23-18)27-21(26-19)24-15(12-31)14-9-7-6-8-10-14;1-19(2,3)28-18(27)22-10-13-7-5-12(6-8-13)9-21-15-14-16(25-17(20)24-15)26(4)11-23-14;1-12-9-14(24-26(12)3)21-16-15-17(25(2)11-20-15)23-18(22-16)19-10-13-7-5-4-6-8-13;18-17-21-15(19-10-12-6-2-1-3-7-12)14-16(22-17)23(11-20-14)13-8-4-5-9-13/h6-11,13,15,31H,12H2,1-5H3,(H2,24,25,26,27,28);5-8,11H,9-10H2,1-4H3,(H,22,27)(H,21,24,25);4-9,11H,10H2,1-3H3,(H2,19,21,22,23,24);1-3,6-7,11,13H,4-5,8-10H2,(H,19,21,22)/t15-;;;/m1.../s1. The summed E-state index contributed by atoms with van der Waals surface area (Å²) < 4.78 is 43.7. The second-order valence-corrected chi connectivity index (χ2v) is 28.1. The molecule has 0 unspecified atom stereocenters. The van der Waals surface area contributed by atoms with Gasteiger partial charge in [0.15, 0.2) is 79.6 Å². The zero-order valence-electron chi connectivity index (χ0n) is 62.4. The molecule has 1 saturated carbocycles. The molecule has 108 heavy (non-hydrogen) atoms. The summed E-state index contributed by atoms with van der Waals surface area (Å²) in [6.45, 7) is 15.8. The van der Waals surface area contributed by atoms with Crippen molar-refractivity contribution in [3.8, 4) is 0 Å². The lowest BCUT2D eigenvalue weighted by atomic mass is 9.92. The second-order valence-electron chi connectivity index (χ2n) is 28.1. The third-order valence-electron chi connectivity index (χ3n) is 17.6. The van der Waals surface area contributed by atoms with Gasteiger partial charge in [0.25, 0.3) is 0 Å². The van der Waals surface area contributed by atoms with E-state index in [1.807, 2.05) is 194 Å². The summed E-state index contributed by atoms with van der Waals surface area (Å²) in [6.07, 6.45) is 9.41. The molecule has 1 aliphatic rings. The fourth-order valence-electron chi connectivity index (χ4n) is 12.1. The predicted molar refractivity (Wildman–Crippen MR) is 412 cm³/mol. The van der Waals surface area contributed by atoms with Crippen LogP contribution in [0.15, 0.2) is 153 Å². The lowest BCUT2D eigenvalue weighted by molar-refractivity contribution is 0.0523. The third-order valence-corrected chi connectivity index (χ3v) is 17.6. The molecule has 1 fully saturated rings. The summed E-state index contributed by atoms with van der Waals surface area (Å²) in [4.78, 5) is 63.1. The normalized spacial score (nSPS) is 12.6. The van der Waals surface area contributed by atoms with Gasteiger partial charge in [0.05, 0.1) is 38.0 Å². The van der Waals surface area contributed by atoms with Gasteiger partial charge in [0.1, 0.15) is 5.60 Å². The summed E-state index contributed by atoms with van der Waals surface area (Å²) in [5.41, 5.74) is 11.7. The van der Waals surface area contributed by atoms with Gasteiger partial charge in [-0.25, -0.2) is 24.7 Å². The van der Waals surface area contributed by atoms with Crippen LogP contribution in [0.3, 0.4) is 0 Å². The van der Waals surface area contributed by atoms with Crippen LogP contribution in [-0.2, 0) is 71.6 Å². The molecule has 8 N–H and O–H groups in total. The van der Waals surface area contributed by atoms with Crippen molar-refractivity contribution in [3.63, 3.8) is 0 Å². The molecule has 4 aromatic carbocycles. The minimum atomic E-state index is -0.804. The van der Waals surface area contributed by atoms with Crippen LogP contribution in [0.1, 0.15) is 119 Å². The number of nitrogens with one attached hydrogen (secondary N) is 7. The molecule has 14 aromatic rings. The van der Waals surface area contributed by atoms with Gasteiger partial charge in [-0.2, -0.15) is 58.9 Å². The van der Waals surface area contributed by atoms with Crippen molar-refractivity contribution in [1.29, 1.82) is 0 Å². The average molecular weight is 1470 g/mol. The number of hydrogen-bond donors (Lipinski definition) is 8. The summed E-state index contributed by atoms with van der Waals surface area (Å²) in [6, 6.07) is 41.5. The quantitative estimate of drug-likeness (QED) is 0.0329. The highest BCUT2D eigenvalue weighted by Crippen LogP contribution is 2.34. The maximum absolute atomic E-state index is 13.9. The molecule has 0 bridgehead atoms. The highest BCUT2D eigenvalue weighted by atomic mass is 19.1. The highest BCUT2D eigenvalue weighted by molar-refractivity contribution is 5.88. The lowest BCUT2D eigenvalue weighted by Gasteiger charge is -2.19. The Morgan fingerprint density at radius 1 is 0.519 bits per heavy atom. The van der Waals surface area contributed by atoms with Crippen molar-refractivity contribution in [3.05, 3.63) is 204 Å². The number of imidazole rings is 4. The number of carbonyl (C=O) groups is 1. The average Bonchev–Trinajstić information content (AvgIpc) is 1.64.